The molecule has 0 aliphatic carbocycles. The Morgan fingerprint density at radius 3 is 2.58 bits per heavy atom. The Bertz CT molecular complexity index is 1140. The Kier molecular flexibility index (Phi) is 3.10. The second-order valence-electron chi connectivity index (χ2n) is 6.26. The lowest BCUT2D eigenvalue weighted by Gasteiger charge is -2.14. The number of rotatable bonds is 1. The van der Waals surface area contributed by atoms with Gasteiger partial charge in [0.25, 0.3) is 0 Å². The molecule has 0 fully saturated rings. The van der Waals surface area contributed by atoms with Gasteiger partial charge in [0, 0.05) is 34.8 Å². The van der Waals surface area contributed by atoms with Gasteiger partial charge in [0.1, 0.15) is 5.75 Å². The number of nitrogens with one attached hydrogen (secondary N) is 1. The van der Waals surface area contributed by atoms with Crippen LogP contribution in [-0.2, 0) is 4.79 Å². The van der Waals surface area contributed by atoms with Crippen LogP contribution in [0.1, 0.15) is 23.7 Å². The molecule has 2 aromatic carbocycles. The molecule has 0 atom stereocenters. The molecule has 2 heterocycles. The van der Waals surface area contributed by atoms with Crippen LogP contribution >= 0.6 is 0 Å². The normalized spacial score (nSPS) is 11.5. The van der Waals surface area contributed by atoms with Crippen molar-refractivity contribution in [3.63, 3.8) is 0 Å². The maximum absolute atomic E-state index is 11.5. The summed E-state index contributed by atoms with van der Waals surface area (Å²) in [7, 11) is 0. The first-order chi connectivity index (χ1) is 11.5. The lowest BCUT2D eigenvalue weighted by molar-refractivity contribution is -0.131. The third kappa shape index (κ3) is 1.99. The van der Waals surface area contributed by atoms with Gasteiger partial charge in [-0.15, -0.1) is 0 Å². The first-order valence-electron chi connectivity index (χ1n) is 7.96. The average Bonchev–Trinajstić information content (AvgIpc) is 2.91. The van der Waals surface area contributed by atoms with E-state index in [2.05, 4.69) is 18.0 Å². The molecule has 2 aromatic heterocycles. The number of aromatic amines is 1. The van der Waals surface area contributed by atoms with Crippen LogP contribution < -0.4 is 4.74 Å². The highest BCUT2D eigenvalue weighted by Crippen LogP contribution is 2.39. The number of benzene rings is 2. The maximum Gasteiger partial charge on any atom is 0.308 e. The van der Waals surface area contributed by atoms with Crippen LogP contribution in [0, 0.1) is 20.8 Å². The highest BCUT2D eigenvalue weighted by atomic mass is 16.5. The third-order valence-electron chi connectivity index (χ3n) is 4.54. The standard InChI is InChI=1S/C20H18N2O2/c1-10-9-16(24-13(4)23)18-12(3)19-17(11(2)20(18)21-10)14-7-5-6-8-15(14)22-19/h5-9,21H,1-4H3. The fourth-order valence-corrected chi connectivity index (χ4v) is 3.56. The Labute approximate surface area is 139 Å². The molecule has 0 aliphatic rings. The van der Waals surface area contributed by atoms with Crippen molar-refractivity contribution in [1.82, 2.24) is 9.97 Å². The van der Waals surface area contributed by atoms with Crippen molar-refractivity contribution in [3.05, 3.63) is 47.2 Å². The molecule has 4 rings (SSSR count). The number of aryl methyl sites for hydroxylation is 3. The number of carbonyl (C=O) groups is 1. The van der Waals surface area contributed by atoms with Gasteiger partial charge < -0.3 is 9.72 Å². The fourth-order valence-electron chi connectivity index (χ4n) is 3.56. The second-order valence-corrected chi connectivity index (χ2v) is 6.26. The van der Waals surface area contributed by atoms with E-state index in [0.29, 0.717) is 5.75 Å². The van der Waals surface area contributed by atoms with E-state index in [9.17, 15) is 4.79 Å². The number of aromatic nitrogens is 2. The molecule has 4 heteroatoms. The molecule has 1 N–H and O–H groups in total. The van der Waals surface area contributed by atoms with Crippen molar-refractivity contribution < 1.29 is 9.53 Å². The summed E-state index contributed by atoms with van der Waals surface area (Å²) in [6, 6.07) is 10.0. The van der Waals surface area contributed by atoms with Gasteiger partial charge in [-0.3, -0.25) is 4.79 Å². The lowest BCUT2D eigenvalue weighted by atomic mass is 9.98. The van der Waals surface area contributed by atoms with E-state index < -0.39 is 0 Å². The number of hydrogen-bond donors (Lipinski definition) is 1. The van der Waals surface area contributed by atoms with Crippen molar-refractivity contribution in [2.75, 3.05) is 0 Å². The predicted molar refractivity (Wildman–Crippen MR) is 96.6 cm³/mol. The van der Waals surface area contributed by atoms with Gasteiger partial charge in [0.15, 0.2) is 0 Å². The molecule has 0 amide bonds. The highest BCUT2D eigenvalue weighted by Gasteiger charge is 2.18. The molecular weight excluding hydrogens is 300 g/mol. The largest absolute Gasteiger partial charge is 0.426 e. The summed E-state index contributed by atoms with van der Waals surface area (Å²) in [6.07, 6.45) is 0. The molecule has 0 saturated heterocycles. The van der Waals surface area contributed by atoms with Crippen LogP contribution in [0.3, 0.4) is 0 Å². The van der Waals surface area contributed by atoms with Crippen LogP contribution in [0.15, 0.2) is 30.3 Å². The Hall–Kier alpha value is -2.88. The van der Waals surface area contributed by atoms with E-state index in [4.69, 9.17) is 9.72 Å². The number of H-pyrrole nitrogens is 1. The number of carbonyl (C=O) groups excluding carboxylic acids is 1. The van der Waals surface area contributed by atoms with Gasteiger partial charge in [-0.25, -0.2) is 4.98 Å². The summed E-state index contributed by atoms with van der Waals surface area (Å²) in [5, 5.41) is 3.23. The molecule has 24 heavy (non-hydrogen) atoms. The number of pyridine rings is 1. The van der Waals surface area contributed by atoms with Crippen molar-refractivity contribution >= 4 is 38.7 Å². The van der Waals surface area contributed by atoms with Gasteiger partial charge in [-0.1, -0.05) is 18.2 Å². The van der Waals surface area contributed by atoms with Crippen LogP contribution in [-0.4, -0.2) is 15.9 Å². The molecule has 0 unspecified atom stereocenters. The third-order valence-corrected chi connectivity index (χ3v) is 4.54. The summed E-state index contributed by atoms with van der Waals surface area (Å²) in [5.74, 6) is 0.267. The SMILES string of the molecule is CC(=O)Oc1cc(C)[nH]c2c(C)c3c(nc4ccccc43)c(C)c12. The van der Waals surface area contributed by atoms with Gasteiger partial charge in [0.05, 0.1) is 16.6 Å². The van der Waals surface area contributed by atoms with Crippen molar-refractivity contribution in [2.45, 2.75) is 27.7 Å². The number of ether oxygens (including phenoxy) is 1. The molecule has 0 spiro atoms. The quantitative estimate of drug-likeness (QED) is 0.517. The summed E-state index contributed by atoms with van der Waals surface area (Å²) in [4.78, 5) is 19.8. The van der Waals surface area contributed by atoms with Crippen LogP contribution in [0.25, 0.3) is 32.7 Å². The summed E-state index contributed by atoms with van der Waals surface area (Å²) >= 11 is 0. The van der Waals surface area contributed by atoms with Crippen LogP contribution in [0.4, 0.5) is 0 Å². The minimum Gasteiger partial charge on any atom is -0.426 e. The van der Waals surface area contributed by atoms with Gasteiger partial charge >= 0.3 is 5.97 Å². The molecule has 0 radical (unpaired) electrons. The Morgan fingerprint density at radius 1 is 1.08 bits per heavy atom. The van der Waals surface area contributed by atoms with Gasteiger partial charge in [0.2, 0.25) is 0 Å². The fraction of sp³-hybridized carbons (Fsp3) is 0.200. The molecule has 0 aliphatic heterocycles. The second kappa shape index (κ2) is 5.06. The van der Waals surface area contributed by atoms with E-state index in [1.54, 1.807) is 0 Å². The monoisotopic (exact) mass is 318 g/mol. The minimum absolute atomic E-state index is 0.320. The average molecular weight is 318 g/mol. The van der Waals surface area contributed by atoms with E-state index in [-0.39, 0.29) is 5.97 Å². The molecule has 4 aromatic rings. The van der Waals surface area contributed by atoms with Crippen LogP contribution in [0.5, 0.6) is 5.75 Å². The zero-order chi connectivity index (χ0) is 17.0. The molecule has 0 saturated carbocycles. The highest BCUT2D eigenvalue weighted by molar-refractivity contribution is 6.16. The first kappa shape index (κ1) is 14.7. The van der Waals surface area contributed by atoms with E-state index in [0.717, 1.165) is 49.5 Å². The first-order valence-corrected chi connectivity index (χ1v) is 7.96. The van der Waals surface area contributed by atoms with E-state index in [1.165, 1.54) is 6.92 Å². The van der Waals surface area contributed by atoms with Crippen LogP contribution in [0.2, 0.25) is 0 Å². The lowest BCUT2D eigenvalue weighted by Crippen LogP contribution is -2.04. The van der Waals surface area contributed by atoms with Crippen molar-refractivity contribution in [3.8, 4) is 5.75 Å². The van der Waals surface area contributed by atoms with Crippen molar-refractivity contribution in [2.24, 2.45) is 0 Å². The number of nitrogens with zero attached hydrogens (tertiary/aromatic N) is 1. The Balaban J connectivity index is 2.25. The van der Waals surface area contributed by atoms with Gasteiger partial charge in [-0.05, 0) is 38.0 Å². The zero-order valence-corrected chi connectivity index (χ0v) is 14.2. The zero-order valence-electron chi connectivity index (χ0n) is 14.2. The Morgan fingerprint density at radius 2 is 1.83 bits per heavy atom. The smallest absolute Gasteiger partial charge is 0.308 e. The molecule has 120 valence electrons. The van der Waals surface area contributed by atoms with Gasteiger partial charge in [-0.2, -0.15) is 0 Å². The molecule has 0 bridgehead atoms. The number of esters is 1. The van der Waals surface area contributed by atoms with E-state index in [1.807, 2.05) is 38.1 Å². The summed E-state index contributed by atoms with van der Waals surface area (Å²) < 4.78 is 5.48. The molecular formula is C20H18N2O2. The van der Waals surface area contributed by atoms with E-state index >= 15 is 0 Å². The number of hydrogen-bond acceptors (Lipinski definition) is 3. The summed E-state index contributed by atoms with van der Waals surface area (Å²) in [6.45, 7) is 7.51. The molecule has 4 nitrogen and oxygen atoms in total. The predicted octanol–water partition coefficient (Wildman–Crippen LogP) is 4.72. The maximum atomic E-state index is 11.5. The van der Waals surface area contributed by atoms with Crippen molar-refractivity contribution in [1.29, 1.82) is 0 Å². The topological polar surface area (TPSA) is 55.0 Å². The minimum atomic E-state index is -0.320. The number of fused-ring (bicyclic) bond motifs is 4. The number of para-hydroxylation sites is 1. The summed E-state index contributed by atoms with van der Waals surface area (Å²) in [5.41, 5.74) is 6.04.